The Morgan fingerprint density at radius 1 is 1.17 bits per heavy atom. The Kier molecular flexibility index (Phi) is 6.30. The van der Waals surface area contributed by atoms with E-state index in [2.05, 4.69) is 5.32 Å². The minimum absolute atomic E-state index is 0.0566. The number of hydrogen-bond acceptors (Lipinski definition) is 5. The molecule has 1 aliphatic carbocycles. The molecule has 5 rings (SSSR count). The number of aromatic nitrogens is 1. The van der Waals surface area contributed by atoms with Crippen LogP contribution in [0.25, 0.3) is 22.1 Å². The van der Waals surface area contributed by atoms with Gasteiger partial charge in [0.25, 0.3) is 11.3 Å². The van der Waals surface area contributed by atoms with Crippen LogP contribution < -0.4 is 16.5 Å². The lowest BCUT2D eigenvalue weighted by atomic mass is 9.98. The third kappa shape index (κ3) is 4.31. The fraction of sp³-hybridized carbons (Fsp3) is 0.231. The van der Waals surface area contributed by atoms with E-state index in [0.717, 1.165) is 27.5 Å². The second-order valence-corrected chi connectivity index (χ2v) is 10.4. The zero-order valence-corrected chi connectivity index (χ0v) is 22.0. The maximum Gasteiger partial charge on any atom is 0.463 e. The Labute approximate surface area is 217 Å². The van der Waals surface area contributed by atoms with Gasteiger partial charge in [0.1, 0.15) is 11.2 Å². The van der Waals surface area contributed by atoms with E-state index in [1.54, 1.807) is 23.6 Å². The zero-order chi connectivity index (χ0) is 24.9. The Morgan fingerprint density at radius 3 is 2.63 bits per heavy atom. The lowest BCUT2D eigenvalue weighted by Gasteiger charge is -2.19. The van der Waals surface area contributed by atoms with Gasteiger partial charge in [0, 0.05) is 30.6 Å². The van der Waals surface area contributed by atoms with Gasteiger partial charge in [-0.05, 0) is 79.1 Å². The minimum atomic E-state index is -0.610. The molecule has 9 heteroatoms. The molecular formula is C26H21FIN2O4S+. The summed E-state index contributed by atoms with van der Waals surface area (Å²) in [5, 5.41) is 3.22. The smallest absolute Gasteiger partial charge is 0.421 e. The van der Waals surface area contributed by atoms with Crippen molar-refractivity contribution in [2.45, 2.75) is 38.5 Å². The number of rotatable bonds is 6. The molecule has 0 saturated heterocycles. The van der Waals surface area contributed by atoms with Crippen molar-refractivity contribution in [3.8, 4) is 11.1 Å². The Balaban J connectivity index is 1.87. The van der Waals surface area contributed by atoms with Gasteiger partial charge in [-0.2, -0.15) is 0 Å². The number of benzene rings is 2. The van der Waals surface area contributed by atoms with Gasteiger partial charge in [-0.1, -0.05) is 18.2 Å². The first kappa shape index (κ1) is 23.8. The fourth-order valence-electron chi connectivity index (χ4n) is 4.44. The highest BCUT2D eigenvalue weighted by atomic mass is 127. The Morgan fingerprint density at radius 2 is 1.94 bits per heavy atom. The molecule has 0 atom stereocenters. The lowest BCUT2D eigenvalue weighted by Crippen LogP contribution is -2.25. The highest BCUT2D eigenvalue weighted by Crippen LogP contribution is 2.41. The summed E-state index contributed by atoms with van der Waals surface area (Å²) in [5.41, 5.74) is 2.73. The summed E-state index contributed by atoms with van der Waals surface area (Å²) in [5.74, 6) is -0.204. The van der Waals surface area contributed by atoms with Crippen LogP contribution in [-0.4, -0.2) is 4.57 Å². The van der Waals surface area contributed by atoms with E-state index < -0.39 is 11.4 Å². The third-order valence-corrected chi connectivity index (χ3v) is 7.40. The molecule has 2 heterocycles. The molecule has 2 aromatic heterocycles. The van der Waals surface area contributed by atoms with Gasteiger partial charge in [-0.3, -0.25) is 4.79 Å². The summed E-state index contributed by atoms with van der Waals surface area (Å²) in [6.07, 6.45) is 1.76. The van der Waals surface area contributed by atoms with Crippen molar-refractivity contribution in [2.75, 3.05) is 5.32 Å². The van der Waals surface area contributed by atoms with E-state index in [0.29, 0.717) is 22.9 Å². The van der Waals surface area contributed by atoms with Crippen molar-refractivity contribution in [2.24, 2.45) is 0 Å². The molecule has 0 amide bonds. The number of halogens is 2. The monoisotopic (exact) mass is 603 g/mol. The highest BCUT2D eigenvalue weighted by Gasteiger charge is 2.31. The Hall–Kier alpha value is -2.92. The van der Waals surface area contributed by atoms with Gasteiger partial charge in [-0.25, -0.2) is 9.18 Å². The number of nitrogens with zero attached hydrogens (tertiary/aromatic N) is 1. The molecule has 0 bridgehead atoms. The number of fused-ring (bicyclic) bond motifs is 1. The van der Waals surface area contributed by atoms with Crippen LogP contribution in [0.5, 0.6) is 0 Å². The number of pyridine rings is 1. The predicted molar refractivity (Wildman–Crippen MR) is 144 cm³/mol. The van der Waals surface area contributed by atoms with Crippen molar-refractivity contribution >= 4 is 56.6 Å². The molecule has 1 saturated carbocycles. The maximum atomic E-state index is 14.7. The van der Waals surface area contributed by atoms with Crippen LogP contribution in [-0.2, 0) is 21.6 Å². The molecule has 1 fully saturated rings. The van der Waals surface area contributed by atoms with Gasteiger partial charge < -0.3 is 14.3 Å². The van der Waals surface area contributed by atoms with Crippen LogP contribution in [0.1, 0.15) is 35.7 Å². The minimum Gasteiger partial charge on any atom is -0.421 e. The van der Waals surface area contributed by atoms with Gasteiger partial charge in [0.15, 0.2) is 5.58 Å². The van der Waals surface area contributed by atoms with Gasteiger partial charge in [0.2, 0.25) is 0 Å². The fourth-order valence-corrected chi connectivity index (χ4v) is 5.21. The van der Waals surface area contributed by atoms with E-state index in [1.165, 1.54) is 6.07 Å². The molecule has 2 aromatic carbocycles. The zero-order valence-electron chi connectivity index (χ0n) is 19.0. The average Bonchev–Trinajstić information content (AvgIpc) is 3.64. The first-order valence-electron chi connectivity index (χ1n) is 11.1. The SMILES string of the molecule is Cc1c(Nc2ccc(I)cc2F)c2c(=O)n(C3CC3)c(C)c(-c3cccc(C[S+]=O)c3)c2oc1=O. The lowest BCUT2D eigenvalue weighted by molar-refractivity contribution is 0.553. The molecule has 0 spiro atoms. The standard InChI is InChI=1S/C26H20FIN2O4S/c1-13-23(29-20-9-6-17(28)11-19(20)27)22-24(34-26(13)32)21(14(2)30(25(22)31)18-7-8-18)16-5-3-4-15(10-16)12-35-33/h3-6,9-11,18H,7-8,12H2,1-2H3/p+1. The summed E-state index contributed by atoms with van der Waals surface area (Å²) >= 11 is 2.49. The van der Waals surface area contributed by atoms with E-state index in [-0.39, 0.29) is 45.3 Å². The normalized spacial score (nSPS) is 13.3. The van der Waals surface area contributed by atoms with Crippen LogP contribution >= 0.6 is 22.6 Å². The molecule has 35 heavy (non-hydrogen) atoms. The van der Waals surface area contributed by atoms with Gasteiger partial charge >= 0.3 is 17.3 Å². The molecule has 1 aliphatic rings. The maximum absolute atomic E-state index is 14.7. The quantitative estimate of drug-likeness (QED) is 0.217. The topological polar surface area (TPSA) is 81.3 Å². The van der Waals surface area contributed by atoms with Crippen molar-refractivity contribution in [1.29, 1.82) is 0 Å². The van der Waals surface area contributed by atoms with E-state index >= 15 is 0 Å². The van der Waals surface area contributed by atoms with E-state index in [9.17, 15) is 18.2 Å². The molecule has 6 nitrogen and oxygen atoms in total. The van der Waals surface area contributed by atoms with Crippen LogP contribution in [0.2, 0.25) is 0 Å². The molecule has 0 unspecified atom stereocenters. The largest absolute Gasteiger partial charge is 0.463 e. The first-order chi connectivity index (χ1) is 16.8. The molecule has 4 aromatic rings. The van der Waals surface area contributed by atoms with Crippen LogP contribution in [0, 0.1) is 23.2 Å². The van der Waals surface area contributed by atoms with Crippen LogP contribution in [0.3, 0.4) is 0 Å². The molecular weight excluding hydrogens is 582 g/mol. The second-order valence-electron chi connectivity index (χ2n) is 8.67. The van der Waals surface area contributed by atoms with E-state index in [4.69, 9.17) is 4.42 Å². The summed E-state index contributed by atoms with van der Waals surface area (Å²) < 4.78 is 34.1. The Bertz CT molecular complexity index is 1620. The first-order valence-corrected chi connectivity index (χ1v) is 13.1. The van der Waals surface area contributed by atoms with E-state index in [1.807, 2.05) is 53.8 Å². The predicted octanol–water partition coefficient (Wildman–Crippen LogP) is 5.99. The highest BCUT2D eigenvalue weighted by molar-refractivity contribution is 14.1. The summed E-state index contributed by atoms with van der Waals surface area (Å²) in [6, 6.07) is 12.2. The van der Waals surface area contributed by atoms with Crippen molar-refractivity contribution < 1.29 is 13.0 Å². The van der Waals surface area contributed by atoms with Gasteiger partial charge in [0.05, 0.1) is 16.9 Å². The summed E-state index contributed by atoms with van der Waals surface area (Å²) in [4.78, 5) is 26.8. The summed E-state index contributed by atoms with van der Waals surface area (Å²) in [6.45, 7) is 3.40. The average molecular weight is 603 g/mol. The van der Waals surface area contributed by atoms with Crippen LogP contribution in [0.4, 0.5) is 15.8 Å². The number of anilines is 2. The molecule has 0 radical (unpaired) electrons. The van der Waals surface area contributed by atoms with Gasteiger partial charge in [-0.15, -0.1) is 0 Å². The molecule has 1 N–H and O–H groups in total. The number of nitrogens with one attached hydrogen (secondary N) is 1. The molecule has 178 valence electrons. The summed E-state index contributed by atoms with van der Waals surface area (Å²) in [7, 11) is 0. The molecule has 0 aliphatic heterocycles. The van der Waals surface area contributed by atoms with Crippen molar-refractivity contribution in [3.05, 3.63) is 89.4 Å². The second kappa shape index (κ2) is 9.27. The van der Waals surface area contributed by atoms with Crippen molar-refractivity contribution in [1.82, 2.24) is 4.57 Å². The van der Waals surface area contributed by atoms with Crippen LogP contribution in [0.15, 0.2) is 56.5 Å². The number of hydrogen-bond donors (Lipinski definition) is 1. The third-order valence-electron chi connectivity index (χ3n) is 6.28. The van der Waals surface area contributed by atoms with Crippen molar-refractivity contribution in [3.63, 3.8) is 0 Å².